The molecule has 0 N–H and O–H groups in total. The number of hydrogen-bond donors (Lipinski definition) is 0. The molecular formula is C15H29N. The molecule has 1 aliphatic heterocycles. The van der Waals surface area contributed by atoms with Crippen molar-refractivity contribution in [3.63, 3.8) is 0 Å². The zero-order valence-corrected chi connectivity index (χ0v) is 11.3. The smallest absolute Gasteiger partial charge is 0.0175 e. The molecule has 1 heterocycles. The molecular weight excluding hydrogens is 194 g/mol. The molecule has 0 unspecified atom stereocenters. The highest BCUT2D eigenvalue weighted by molar-refractivity contribution is 5.04. The van der Waals surface area contributed by atoms with Crippen LogP contribution in [0.4, 0.5) is 0 Å². The first-order chi connectivity index (χ1) is 7.84. The van der Waals surface area contributed by atoms with Crippen molar-refractivity contribution in [1.82, 2.24) is 4.90 Å². The van der Waals surface area contributed by atoms with Crippen molar-refractivity contribution in [2.24, 2.45) is 0 Å². The van der Waals surface area contributed by atoms with Gasteiger partial charge in [0.05, 0.1) is 0 Å². The van der Waals surface area contributed by atoms with Gasteiger partial charge in [-0.25, -0.2) is 0 Å². The molecule has 1 saturated heterocycles. The Hall–Kier alpha value is -0.460. The van der Waals surface area contributed by atoms with E-state index in [4.69, 9.17) is 0 Å². The van der Waals surface area contributed by atoms with Gasteiger partial charge in [-0.15, -0.1) is 0 Å². The van der Waals surface area contributed by atoms with Crippen molar-refractivity contribution in [3.05, 3.63) is 11.8 Å². The average Bonchev–Trinajstić information content (AvgIpc) is 2.68. The maximum Gasteiger partial charge on any atom is 0.0175 e. The lowest BCUT2D eigenvalue weighted by Gasteiger charge is -2.12. The van der Waals surface area contributed by atoms with Gasteiger partial charge in [-0.05, 0) is 25.7 Å². The maximum absolute atomic E-state index is 2.47. The Kier molecular flexibility index (Phi) is 7.37. The predicted molar refractivity (Wildman–Crippen MR) is 72.6 cm³/mol. The third kappa shape index (κ3) is 5.58. The van der Waals surface area contributed by atoms with Gasteiger partial charge < -0.3 is 4.90 Å². The summed E-state index contributed by atoms with van der Waals surface area (Å²) >= 11 is 0. The Bertz CT molecular complexity index is 196. The molecule has 0 atom stereocenters. The topological polar surface area (TPSA) is 3.24 Å². The lowest BCUT2D eigenvalue weighted by molar-refractivity contribution is 0.478. The van der Waals surface area contributed by atoms with Gasteiger partial charge in [0.2, 0.25) is 0 Å². The lowest BCUT2D eigenvalue weighted by Crippen LogP contribution is -2.09. The highest BCUT2D eigenvalue weighted by Gasteiger charge is 2.10. The number of hydrogen-bond acceptors (Lipinski definition) is 1. The van der Waals surface area contributed by atoms with Gasteiger partial charge in [0.1, 0.15) is 0 Å². The summed E-state index contributed by atoms with van der Waals surface area (Å²) < 4.78 is 0. The molecule has 0 aromatic rings. The van der Waals surface area contributed by atoms with Crippen molar-refractivity contribution < 1.29 is 0 Å². The van der Waals surface area contributed by atoms with Crippen LogP contribution >= 0.6 is 0 Å². The summed E-state index contributed by atoms with van der Waals surface area (Å²) in [5.74, 6) is 0. The van der Waals surface area contributed by atoms with E-state index in [1.54, 1.807) is 5.70 Å². The molecule has 1 aliphatic rings. The van der Waals surface area contributed by atoms with E-state index in [0.717, 1.165) is 0 Å². The third-order valence-electron chi connectivity index (χ3n) is 3.60. The summed E-state index contributed by atoms with van der Waals surface area (Å²) in [5, 5.41) is 0. The van der Waals surface area contributed by atoms with Crippen LogP contribution in [0.5, 0.6) is 0 Å². The van der Waals surface area contributed by atoms with Crippen LogP contribution < -0.4 is 0 Å². The average molecular weight is 223 g/mol. The molecule has 16 heavy (non-hydrogen) atoms. The quantitative estimate of drug-likeness (QED) is 0.537. The van der Waals surface area contributed by atoms with Gasteiger partial charge in [0, 0.05) is 19.3 Å². The van der Waals surface area contributed by atoms with Gasteiger partial charge >= 0.3 is 0 Å². The van der Waals surface area contributed by atoms with E-state index in [1.165, 1.54) is 70.8 Å². The molecule has 0 saturated carbocycles. The summed E-state index contributed by atoms with van der Waals surface area (Å²) in [6.45, 7) is 3.55. The van der Waals surface area contributed by atoms with Crippen molar-refractivity contribution in [3.8, 4) is 0 Å². The van der Waals surface area contributed by atoms with Crippen LogP contribution in [-0.4, -0.2) is 18.5 Å². The monoisotopic (exact) mass is 223 g/mol. The molecule has 0 bridgehead atoms. The summed E-state index contributed by atoms with van der Waals surface area (Å²) in [5.41, 5.74) is 1.59. The SMILES string of the molecule is CCCCCCCCCC=C1CCCN1C. The van der Waals surface area contributed by atoms with Crippen LogP contribution in [-0.2, 0) is 0 Å². The second-order valence-electron chi connectivity index (χ2n) is 5.13. The van der Waals surface area contributed by atoms with Gasteiger partial charge in [0.25, 0.3) is 0 Å². The Labute approximate surface area is 102 Å². The molecule has 0 aromatic carbocycles. The Morgan fingerprint density at radius 1 is 1.06 bits per heavy atom. The minimum absolute atomic E-state index is 1.27. The van der Waals surface area contributed by atoms with E-state index in [-0.39, 0.29) is 0 Å². The second kappa shape index (κ2) is 8.66. The summed E-state index contributed by atoms with van der Waals surface area (Å²) in [7, 11) is 2.23. The standard InChI is InChI=1S/C15H29N/c1-3-4-5-6-7-8-9-10-12-15-13-11-14-16(15)2/h12H,3-11,13-14H2,1-2H3. The van der Waals surface area contributed by atoms with E-state index in [1.807, 2.05) is 0 Å². The van der Waals surface area contributed by atoms with E-state index >= 15 is 0 Å². The number of rotatable bonds is 8. The fourth-order valence-electron chi connectivity index (χ4n) is 2.46. The van der Waals surface area contributed by atoms with Gasteiger partial charge in [-0.2, -0.15) is 0 Å². The minimum Gasteiger partial charge on any atom is -0.378 e. The van der Waals surface area contributed by atoms with Crippen LogP contribution in [0.2, 0.25) is 0 Å². The molecule has 1 rings (SSSR count). The lowest BCUT2D eigenvalue weighted by atomic mass is 10.1. The second-order valence-corrected chi connectivity index (χ2v) is 5.13. The van der Waals surface area contributed by atoms with Crippen molar-refractivity contribution >= 4 is 0 Å². The van der Waals surface area contributed by atoms with Crippen molar-refractivity contribution in [1.29, 1.82) is 0 Å². The molecule has 0 radical (unpaired) electrons. The highest BCUT2D eigenvalue weighted by Crippen LogP contribution is 2.19. The maximum atomic E-state index is 2.47. The molecule has 0 aromatic heterocycles. The largest absolute Gasteiger partial charge is 0.378 e. The van der Waals surface area contributed by atoms with Crippen LogP contribution in [0.3, 0.4) is 0 Å². The van der Waals surface area contributed by atoms with Crippen molar-refractivity contribution in [2.75, 3.05) is 13.6 Å². The fourth-order valence-corrected chi connectivity index (χ4v) is 2.46. The van der Waals surface area contributed by atoms with E-state index in [2.05, 4.69) is 24.9 Å². The Morgan fingerprint density at radius 3 is 2.38 bits per heavy atom. The first-order valence-electron chi connectivity index (χ1n) is 7.24. The van der Waals surface area contributed by atoms with Crippen molar-refractivity contribution in [2.45, 2.75) is 71.1 Å². The summed E-state index contributed by atoms with van der Waals surface area (Å²) in [6, 6.07) is 0. The number of unbranched alkanes of at least 4 members (excludes halogenated alkanes) is 7. The number of allylic oxidation sites excluding steroid dienone is 2. The molecule has 94 valence electrons. The zero-order valence-electron chi connectivity index (χ0n) is 11.3. The number of nitrogens with zero attached hydrogens (tertiary/aromatic N) is 1. The van der Waals surface area contributed by atoms with Gasteiger partial charge in [0.15, 0.2) is 0 Å². The normalized spacial score (nSPS) is 18.6. The Morgan fingerprint density at radius 2 is 1.75 bits per heavy atom. The van der Waals surface area contributed by atoms with Crippen LogP contribution in [0, 0.1) is 0 Å². The molecule has 1 fully saturated rings. The fraction of sp³-hybridized carbons (Fsp3) is 0.867. The van der Waals surface area contributed by atoms with E-state index < -0.39 is 0 Å². The molecule has 1 nitrogen and oxygen atoms in total. The van der Waals surface area contributed by atoms with E-state index in [0.29, 0.717) is 0 Å². The predicted octanol–water partition coefficient (Wildman–Crippen LogP) is 4.74. The van der Waals surface area contributed by atoms with Gasteiger partial charge in [-0.3, -0.25) is 0 Å². The molecule has 0 amide bonds. The van der Waals surface area contributed by atoms with E-state index in [9.17, 15) is 0 Å². The molecule has 1 heteroatoms. The highest BCUT2D eigenvalue weighted by atomic mass is 15.1. The molecule has 0 aliphatic carbocycles. The zero-order chi connectivity index (χ0) is 11.6. The minimum atomic E-state index is 1.27. The summed E-state index contributed by atoms with van der Waals surface area (Å²) in [6.07, 6.45) is 16.4. The van der Waals surface area contributed by atoms with Crippen LogP contribution in [0.1, 0.15) is 71.1 Å². The van der Waals surface area contributed by atoms with Gasteiger partial charge in [-0.1, -0.05) is 51.5 Å². The van der Waals surface area contributed by atoms with Crippen LogP contribution in [0.25, 0.3) is 0 Å². The molecule has 0 spiro atoms. The Balaban J connectivity index is 1.91. The third-order valence-corrected chi connectivity index (χ3v) is 3.60. The summed E-state index contributed by atoms with van der Waals surface area (Å²) in [4.78, 5) is 2.42. The van der Waals surface area contributed by atoms with Crippen LogP contribution in [0.15, 0.2) is 11.8 Å². The first kappa shape index (κ1) is 13.6. The number of likely N-dealkylation sites (tertiary alicyclic amines) is 1. The first-order valence-corrected chi connectivity index (χ1v) is 7.24.